The Morgan fingerprint density at radius 1 is 1.30 bits per heavy atom. The topological polar surface area (TPSA) is 0 Å². The fraction of sp³-hybridized carbons (Fsp3) is 0.333. The summed E-state index contributed by atoms with van der Waals surface area (Å²) in [5.41, 5.74) is 2.73. The molecule has 0 amide bonds. The van der Waals surface area contributed by atoms with Crippen molar-refractivity contribution in [3.8, 4) is 0 Å². The van der Waals surface area contributed by atoms with Crippen LogP contribution in [0.2, 0.25) is 0 Å². The van der Waals surface area contributed by atoms with Crippen LogP contribution in [0.4, 0.5) is 0 Å². The van der Waals surface area contributed by atoms with E-state index in [0.717, 1.165) is 0 Å². The molecule has 0 aromatic heterocycles. The van der Waals surface area contributed by atoms with Crippen molar-refractivity contribution in [3.63, 3.8) is 0 Å². The Morgan fingerprint density at radius 3 is 2.30 bits per heavy atom. The lowest BCUT2D eigenvalue weighted by atomic mass is 10.1. The minimum absolute atomic E-state index is 0.466. The molecule has 0 saturated carbocycles. The molecule has 0 aliphatic carbocycles. The molecule has 0 aliphatic rings. The van der Waals surface area contributed by atoms with E-state index in [1.165, 1.54) is 11.1 Å². The predicted octanol–water partition coefficient (Wildman–Crippen LogP) is 3.45. The van der Waals surface area contributed by atoms with Gasteiger partial charge in [-0.25, -0.2) is 0 Å². The first-order valence-electron chi connectivity index (χ1n) is 3.41. The summed E-state index contributed by atoms with van der Waals surface area (Å²) in [4.78, 5) is 0.466. The fourth-order valence-corrected chi connectivity index (χ4v) is 1.55. The highest BCUT2D eigenvalue weighted by molar-refractivity contribution is 9.09. The molecule has 0 radical (unpaired) electrons. The molecular formula is C9H11Br. The van der Waals surface area contributed by atoms with Crippen LogP contribution in [0.1, 0.15) is 22.9 Å². The minimum atomic E-state index is 0.466. The number of benzene rings is 1. The van der Waals surface area contributed by atoms with Crippen LogP contribution in [0.25, 0.3) is 0 Å². The Bertz CT molecular complexity index is 216. The summed E-state index contributed by atoms with van der Waals surface area (Å²) in [5.74, 6) is 0. The molecule has 0 aliphatic heterocycles. The maximum atomic E-state index is 3.53. The Balaban J connectivity index is 3.03. The Morgan fingerprint density at radius 2 is 1.90 bits per heavy atom. The van der Waals surface area contributed by atoms with Crippen LogP contribution < -0.4 is 0 Å². The van der Waals surface area contributed by atoms with E-state index in [2.05, 4.69) is 54.0 Å². The van der Waals surface area contributed by atoms with Gasteiger partial charge in [-0.2, -0.15) is 0 Å². The molecule has 0 bridgehead atoms. The van der Waals surface area contributed by atoms with E-state index >= 15 is 0 Å². The number of hydrogen-bond acceptors (Lipinski definition) is 0. The lowest BCUT2D eigenvalue weighted by Crippen LogP contribution is -1.86. The normalized spacial score (nSPS) is 13.1. The minimum Gasteiger partial charge on any atom is -0.0842 e. The largest absolute Gasteiger partial charge is 0.0842 e. The Labute approximate surface area is 70.4 Å². The van der Waals surface area contributed by atoms with Gasteiger partial charge in [0.15, 0.2) is 0 Å². The van der Waals surface area contributed by atoms with Crippen molar-refractivity contribution in [2.24, 2.45) is 0 Å². The van der Waals surface area contributed by atoms with E-state index in [4.69, 9.17) is 0 Å². The molecule has 1 atom stereocenters. The molecule has 0 N–H and O–H groups in total. The van der Waals surface area contributed by atoms with Gasteiger partial charge >= 0.3 is 0 Å². The van der Waals surface area contributed by atoms with Gasteiger partial charge in [-0.05, 0) is 25.0 Å². The highest BCUT2D eigenvalue weighted by Gasteiger charge is 2.01. The molecule has 0 unspecified atom stereocenters. The molecule has 1 heteroatoms. The second-order valence-corrected chi connectivity index (χ2v) is 3.85. The van der Waals surface area contributed by atoms with Crippen molar-refractivity contribution >= 4 is 15.9 Å². The average Bonchev–Trinajstić information content (AvgIpc) is 1.88. The fourth-order valence-electron chi connectivity index (χ4n) is 1.03. The summed E-state index contributed by atoms with van der Waals surface area (Å²) in [6, 6.07) is 8.41. The highest BCUT2D eigenvalue weighted by atomic mass is 79.9. The number of halogens is 1. The van der Waals surface area contributed by atoms with Crippen molar-refractivity contribution in [3.05, 3.63) is 35.4 Å². The van der Waals surface area contributed by atoms with Crippen LogP contribution in [-0.2, 0) is 0 Å². The highest BCUT2D eigenvalue weighted by Crippen LogP contribution is 2.23. The van der Waals surface area contributed by atoms with Crippen LogP contribution in [0.5, 0.6) is 0 Å². The molecule has 0 fully saturated rings. The summed E-state index contributed by atoms with van der Waals surface area (Å²) >= 11 is 3.53. The van der Waals surface area contributed by atoms with Crippen LogP contribution in [0.3, 0.4) is 0 Å². The molecule has 0 spiro atoms. The number of rotatable bonds is 1. The molecule has 0 saturated heterocycles. The molecule has 0 nitrogen and oxygen atoms in total. The van der Waals surface area contributed by atoms with Crippen molar-refractivity contribution in [2.75, 3.05) is 0 Å². The smallest absolute Gasteiger partial charge is 0.0369 e. The van der Waals surface area contributed by atoms with Gasteiger partial charge in [-0.15, -0.1) is 0 Å². The molecule has 54 valence electrons. The van der Waals surface area contributed by atoms with Crippen LogP contribution in [0.15, 0.2) is 24.3 Å². The molecule has 0 heterocycles. The van der Waals surface area contributed by atoms with E-state index < -0.39 is 0 Å². The summed E-state index contributed by atoms with van der Waals surface area (Å²) in [6.07, 6.45) is 0. The van der Waals surface area contributed by atoms with Crippen LogP contribution >= 0.6 is 15.9 Å². The van der Waals surface area contributed by atoms with Gasteiger partial charge in [0.05, 0.1) is 0 Å². The standard InChI is InChI=1S/C9H11Br/c1-7-5-3-4-6-9(7)8(2)10/h3-6,8H,1-2H3/t8-/m1/s1. The van der Waals surface area contributed by atoms with Crippen molar-refractivity contribution in [1.82, 2.24) is 0 Å². The first-order chi connectivity index (χ1) is 4.72. The van der Waals surface area contributed by atoms with E-state index in [9.17, 15) is 0 Å². The van der Waals surface area contributed by atoms with E-state index in [1.807, 2.05) is 0 Å². The third kappa shape index (κ3) is 1.60. The third-order valence-electron chi connectivity index (χ3n) is 1.62. The average molecular weight is 199 g/mol. The van der Waals surface area contributed by atoms with Crippen molar-refractivity contribution in [1.29, 1.82) is 0 Å². The van der Waals surface area contributed by atoms with Crippen LogP contribution in [0, 0.1) is 6.92 Å². The van der Waals surface area contributed by atoms with E-state index in [1.54, 1.807) is 0 Å². The Hall–Kier alpha value is -0.300. The zero-order chi connectivity index (χ0) is 7.56. The summed E-state index contributed by atoms with van der Waals surface area (Å²) in [5, 5.41) is 0. The lowest BCUT2D eigenvalue weighted by molar-refractivity contribution is 1.10. The molecule has 10 heavy (non-hydrogen) atoms. The van der Waals surface area contributed by atoms with Gasteiger partial charge in [0.2, 0.25) is 0 Å². The molecule has 1 aromatic carbocycles. The van der Waals surface area contributed by atoms with Gasteiger partial charge in [-0.1, -0.05) is 40.2 Å². The first-order valence-corrected chi connectivity index (χ1v) is 4.33. The zero-order valence-electron chi connectivity index (χ0n) is 6.26. The monoisotopic (exact) mass is 198 g/mol. The number of aryl methyl sites for hydroxylation is 1. The SMILES string of the molecule is Cc1ccccc1[C@@H](C)Br. The summed E-state index contributed by atoms with van der Waals surface area (Å²) in [6.45, 7) is 4.27. The first kappa shape index (κ1) is 7.80. The number of alkyl halides is 1. The molecule has 1 aromatic rings. The molecule has 1 rings (SSSR count). The zero-order valence-corrected chi connectivity index (χ0v) is 7.85. The maximum Gasteiger partial charge on any atom is 0.0369 e. The quantitative estimate of drug-likeness (QED) is 0.607. The lowest BCUT2D eigenvalue weighted by Gasteiger charge is -2.05. The summed E-state index contributed by atoms with van der Waals surface area (Å²) in [7, 11) is 0. The third-order valence-corrected chi connectivity index (χ3v) is 2.11. The van der Waals surface area contributed by atoms with Crippen molar-refractivity contribution < 1.29 is 0 Å². The van der Waals surface area contributed by atoms with Crippen molar-refractivity contribution in [2.45, 2.75) is 18.7 Å². The van der Waals surface area contributed by atoms with E-state index in [-0.39, 0.29) is 0 Å². The molecular weight excluding hydrogens is 188 g/mol. The predicted molar refractivity (Wildman–Crippen MR) is 48.5 cm³/mol. The summed E-state index contributed by atoms with van der Waals surface area (Å²) < 4.78 is 0. The second kappa shape index (κ2) is 3.20. The second-order valence-electron chi connectivity index (χ2n) is 2.47. The van der Waals surface area contributed by atoms with Gasteiger partial charge in [0.25, 0.3) is 0 Å². The van der Waals surface area contributed by atoms with E-state index in [0.29, 0.717) is 4.83 Å². The van der Waals surface area contributed by atoms with Gasteiger partial charge < -0.3 is 0 Å². The maximum absolute atomic E-state index is 3.53. The van der Waals surface area contributed by atoms with Crippen LogP contribution in [-0.4, -0.2) is 0 Å². The van der Waals surface area contributed by atoms with Gasteiger partial charge in [-0.3, -0.25) is 0 Å². The Kier molecular flexibility index (Phi) is 2.50. The van der Waals surface area contributed by atoms with Gasteiger partial charge in [0.1, 0.15) is 0 Å². The van der Waals surface area contributed by atoms with Gasteiger partial charge in [0, 0.05) is 4.83 Å². The number of hydrogen-bond donors (Lipinski definition) is 0.